The number of hydrogen-bond donors (Lipinski definition) is 1. The van der Waals surface area contributed by atoms with Gasteiger partial charge in [-0.05, 0) is 36.4 Å². The molecule has 0 atom stereocenters. The second-order valence-electron chi connectivity index (χ2n) is 7.00. The molecule has 0 aromatic heterocycles. The Kier molecular flexibility index (Phi) is 3.87. The predicted octanol–water partition coefficient (Wildman–Crippen LogP) is 2.73. The number of rotatable bonds is 3. The monoisotopic (exact) mass is 418 g/mol. The number of amides is 3. The van der Waals surface area contributed by atoms with Gasteiger partial charge in [-0.3, -0.25) is 19.3 Å². The minimum atomic E-state index is -3.58. The van der Waals surface area contributed by atoms with Crippen LogP contribution in [0.4, 0.5) is 5.69 Å². The van der Waals surface area contributed by atoms with Gasteiger partial charge < -0.3 is 5.32 Å². The quantitative estimate of drug-likeness (QED) is 0.516. The van der Waals surface area contributed by atoms with Crippen LogP contribution < -0.4 is 5.32 Å². The Morgan fingerprint density at radius 2 is 1.33 bits per heavy atom. The lowest BCUT2D eigenvalue weighted by Gasteiger charge is -2.14. The lowest BCUT2D eigenvalue weighted by Crippen LogP contribution is -2.37. The van der Waals surface area contributed by atoms with Crippen molar-refractivity contribution in [2.75, 3.05) is 11.9 Å². The summed E-state index contributed by atoms with van der Waals surface area (Å²) < 4.78 is 25.3. The van der Waals surface area contributed by atoms with E-state index in [1.165, 1.54) is 12.1 Å². The first-order chi connectivity index (χ1) is 14.4. The molecule has 8 heteroatoms. The van der Waals surface area contributed by atoms with Crippen LogP contribution in [0.1, 0.15) is 20.7 Å². The van der Waals surface area contributed by atoms with Gasteiger partial charge in [0.25, 0.3) is 11.8 Å². The molecular weight excluding hydrogens is 404 g/mol. The van der Waals surface area contributed by atoms with Crippen molar-refractivity contribution in [1.82, 2.24) is 4.90 Å². The van der Waals surface area contributed by atoms with Gasteiger partial charge in [0, 0.05) is 16.8 Å². The number of nitrogens with zero attached hydrogens (tertiary/aromatic N) is 1. The Morgan fingerprint density at radius 3 is 2.00 bits per heavy atom. The second-order valence-corrected chi connectivity index (χ2v) is 8.89. The SMILES string of the molecule is O=C(CN1C(=O)c2ccccc2C1=O)Nc1ccc2c(c1)-c1ccccc1S2(=O)=O. The van der Waals surface area contributed by atoms with Gasteiger partial charge in [0.05, 0.1) is 20.9 Å². The van der Waals surface area contributed by atoms with Crippen molar-refractivity contribution in [3.63, 3.8) is 0 Å². The third-order valence-electron chi connectivity index (χ3n) is 5.20. The fourth-order valence-electron chi connectivity index (χ4n) is 3.82. The molecule has 0 radical (unpaired) electrons. The molecule has 2 aliphatic rings. The van der Waals surface area contributed by atoms with Crippen LogP contribution in [0.25, 0.3) is 11.1 Å². The maximum Gasteiger partial charge on any atom is 0.262 e. The number of carbonyl (C=O) groups is 3. The molecule has 3 aromatic rings. The van der Waals surface area contributed by atoms with E-state index in [1.54, 1.807) is 54.6 Å². The fourth-order valence-corrected chi connectivity index (χ4v) is 5.49. The Bertz CT molecular complexity index is 1340. The van der Waals surface area contributed by atoms with E-state index in [4.69, 9.17) is 0 Å². The van der Waals surface area contributed by atoms with Crippen LogP contribution in [0.3, 0.4) is 0 Å². The van der Waals surface area contributed by atoms with Crippen molar-refractivity contribution in [3.05, 3.63) is 77.9 Å². The van der Waals surface area contributed by atoms with Gasteiger partial charge in [-0.1, -0.05) is 30.3 Å². The van der Waals surface area contributed by atoms with Crippen molar-refractivity contribution >= 4 is 33.2 Å². The lowest BCUT2D eigenvalue weighted by molar-refractivity contribution is -0.116. The first-order valence-corrected chi connectivity index (χ1v) is 10.6. The maximum atomic E-state index is 12.7. The van der Waals surface area contributed by atoms with Gasteiger partial charge >= 0.3 is 0 Å². The summed E-state index contributed by atoms with van der Waals surface area (Å²) >= 11 is 0. The molecule has 0 bridgehead atoms. The predicted molar refractivity (Wildman–Crippen MR) is 108 cm³/mol. The van der Waals surface area contributed by atoms with Crippen LogP contribution in [0, 0.1) is 0 Å². The third-order valence-corrected chi connectivity index (χ3v) is 7.07. The van der Waals surface area contributed by atoms with Crippen molar-refractivity contribution in [2.24, 2.45) is 0 Å². The third kappa shape index (κ3) is 2.57. The zero-order valence-electron chi connectivity index (χ0n) is 15.5. The molecule has 2 aliphatic heterocycles. The highest BCUT2D eigenvalue weighted by molar-refractivity contribution is 7.92. The highest BCUT2D eigenvalue weighted by Crippen LogP contribution is 2.43. The standard InChI is InChI=1S/C22H14N2O5S/c25-20(12-24-21(26)15-6-1-2-7-16(15)22(24)27)23-13-9-10-19-17(11-13)14-5-3-4-8-18(14)30(19,28)29/h1-11H,12H2,(H,23,25). The topological polar surface area (TPSA) is 101 Å². The molecule has 5 rings (SSSR count). The first kappa shape index (κ1) is 18.3. The number of sulfone groups is 1. The summed E-state index contributed by atoms with van der Waals surface area (Å²) in [6, 6.07) is 17.6. The van der Waals surface area contributed by atoms with Crippen LogP contribution in [0.2, 0.25) is 0 Å². The molecule has 148 valence electrons. The van der Waals surface area contributed by atoms with Crippen molar-refractivity contribution in [2.45, 2.75) is 9.79 Å². The highest BCUT2D eigenvalue weighted by atomic mass is 32.2. The van der Waals surface area contributed by atoms with Gasteiger partial charge in [-0.25, -0.2) is 8.42 Å². The van der Waals surface area contributed by atoms with E-state index in [1.807, 2.05) is 0 Å². The van der Waals surface area contributed by atoms with Crippen LogP contribution in [0.5, 0.6) is 0 Å². The van der Waals surface area contributed by atoms with E-state index in [0.29, 0.717) is 16.8 Å². The Balaban J connectivity index is 1.39. The largest absolute Gasteiger partial charge is 0.325 e. The van der Waals surface area contributed by atoms with Crippen molar-refractivity contribution in [1.29, 1.82) is 0 Å². The molecule has 0 spiro atoms. The molecule has 0 aliphatic carbocycles. The van der Waals surface area contributed by atoms with E-state index in [-0.39, 0.29) is 20.9 Å². The van der Waals surface area contributed by atoms with Crippen LogP contribution in [0.15, 0.2) is 76.5 Å². The molecular formula is C22H14N2O5S. The Hall–Kier alpha value is -3.78. The molecule has 3 aromatic carbocycles. The van der Waals surface area contributed by atoms with Gasteiger partial charge in [0.2, 0.25) is 15.7 Å². The van der Waals surface area contributed by atoms with Gasteiger partial charge in [-0.15, -0.1) is 0 Å². The van der Waals surface area contributed by atoms with Gasteiger partial charge in [0.1, 0.15) is 6.54 Å². The maximum absolute atomic E-state index is 12.7. The number of hydrogen-bond acceptors (Lipinski definition) is 5. The van der Waals surface area contributed by atoms with E-state index in [9.17, 15) is 22.8 Å². The Labute approximate surface area is 171 Å². The molecule has 30 heavy (non-hydrogen) atoms. The lowest BCUT2D eigenvalue weighted by atomic mass is 10.1. The molecule has 0 saturated heterocycles. The van der Waals surface area contributed by atoms with Crippen LogP contribution >= 0.6 is 0 Å². The Morgan fingerprint density at radius 1 is 0.767 bits per heavy atom. The van der Waals surface area contributed by atoms with E-state index < -0.39 is 34.1 Å². The van der Waals surface area contributed by atoms with E-state index in [0.717, 1.165) is 4.90 Å². The molecule has 0 unspecified atom stereocenters. The summed E-state index contributed by atoms with van der Waals surface area (Å²) in [7, 11) is -3.58. The number of fused-ring (bicyclic) bond motifs is 4. The number of anilines is 1. The fraction of sp³-hybridized carbons (Fsp3) is 0.0455. The molecule has 2 heterocycles. The summed E-state index contributed by atoms with van der Waals surface area (Å²) in [6.45, 7) is -0.432. The molecule has 1 N–H and O–H groups in total. The minimum Gasteiger partial charge on any atom is -0.325 e. The highest BCUT2D eigenvalue weighted by Gasteiger charge is 2.36. The smallest absolute Gasteiger partial charge is 0.262 e. The van der Waals surface area contributed by atoms with Gasteiger partial charge in [-0.2, -0.15) is 0 Å². The second kappa shape index (κ2) is 6.36. The van der Waals surface area contributed by atoms with Crippen LogP contribution in [-0.4, -0.2) is 37.6 Å². The van der Waals surface area contributed by atoms with Crippen molar-refractivity contribution < 1.29 is 22.8 Å². The summed E-state index contributed by atoms with van der Waals surface area (Å²) in [5.41, 5.74) is 2.00. The first-order valence-electron chi connectivity index (χ1n) is 9.11. The number of carbonyl (C=O) groups excluding carboxylic acids is 3. The van der Waals surface area contributed by atoms with E-state index >= 15 is 0 Å². The normalized spacial score (nSPS) is 15.5. The summed E-state index contributed by atoms with van der Waals surface area (Å²) in [4.78, 5) is 38.6. The van der Waals surface area contributed by atoms with Crippen LogP contribution in [-0.2, 0) is 14.6 Å². The summed E-state index contributed by atoms with van der Waals surface area (Å²) in [5.74, 6) is -1.59. The number of imide groups is 1. The van der Waals surface area contributed by atoms with E-state index in [2.05, 4.69) is 5.32 Å². The molecule has 0 fully saturated rings. The molecule has 0 saturated carbocycles. The average molecular weight is 418 g/mol. The minimum absolute atomic E-state index is 0.182. The number of nitrogens with one attached hydrogen (secondary N) is 1. The van der Waals surface area contributed by atoms with Crippen molar-refractivity contribution in [3.8, 4) is 11.1 Å². The summed E-state index contributed by atoms with van der Waals surface area (Å²) in [6.07, 6.45) is 0. The average Bonchev–Trinajstić information content (AvgIpc) is 3.12. The number of benzene rings is 3. The molecule has 7 nitrogen and oxygen atoms in total. The van der Waals surface area contributed by atoms with Gasteiger partial charge in [0.15, 0.2) is 0 Å². The summed E-state index contributed by atoms with van der Waals surface area (Å²) in [5, 5.41) is 2.64. The zero-order valence-corrected chi connectivity index (χ0v) is 16.3. The molecule has 3 amide bonds. The zero-order chi connectivity index (χ0) is 21.0.